The van der Waals surface area contributed by atoms with Gasteiger partial charge in [-0.2, -0.15) is 20.9 Å². The minimum absolute atomic E-state index is 0.0268. The van der Waals surface area contributed by atoms with E-state index in [-0.39, 0.29) is 38.2 Å². The molecule has 2 heterocycles. The Morgan fingerprint density at radius 1 is 0.542 bits per heavy atom. The van der Waals surface area contributed by atoms with Crippen LogP contribution < -0.4 is 29.6 Å². The van der Waals surface area contributed by atoms with Gasteiger partial charge in [-0.25, -0.2) is 0 Å². The van der Waals surface area contributed by atoms with E-state index in [0.29, 0.717) is 52.1 Å². The average molecular weight is 827 g/mol. The van der Waals surface area contributed by atoms with Crippen LogP contribution in [0.1, 0.15) is 48.2 Å². The van der Waals surface area contributed by atoms with Crippen molar-refractivity contribution in [3.63, 3.8) is 0 Å². The number of nitrogens with zero attached hydrogens (tertiary/aromatic N) is 4. The molecule has 4 rings (SSSR count). The van der Waals surface area contributed by atoms with Crippen molar-refractivity contribution in [2.45, 2.75) is 38.8 Å². The number of hydrogen-bond acceptors (Lipinski definition) is 9. The highest BCUT2D eigenvalue weighted by molar-refractivity contribution is 7.99. The van der Waals surface area contributed by atoms with Crippen molar-refractivity contribution in [1.82, 2.24) is 10.6 Å². The first-order valence-corrected chi connectivity index (χ1v) is 21.7. The van der Waals surface area contributed by atoms with Gasteiger partial charge in [0.25, 0.3) is 0 Å². The lowest BCUT2D eigenvalue weighted by Crippen LogP contribution is -2.37. The van der Waals surface area contributed by atoms with Gasteiger partial charge >= 0.3 is 0 Å². The van der Waals surface area contributed by atoms with Crippen molar-refractivity contribution < 1.29 is 39.1 Å². The summed E-state index contributed by atoms with van der Waals surface area (Å²) in [6.07, 6.45) is 14.6. The summed E-state index contributed by atoms with van der Waals surface area (Å²) in [6, 6.07) is 28.1. The Labute approximate surface area is 353 Å². The van der Waals surface area contributed by atoms with E-state index >= 15 is 0 Å². The number of thioether (sulfide) groups is 1. The zero-order valence-corrected chi connectivity index (χ0v) is 34.9. The number of carbonyl (C=O) groups excluding carboxylic acids is 2. The molecular weight excluding hydrogens is 765 g/mol. The Kier molecular flexibility index (Phi) is 21.8. The SMILES string of the molecule is O=C(CCC[n+]1ccccc1C=Cc1ccc(N(CCO)CCO)cc1)NCCSCCNC(=O)CCC[n+]1ccccc1C=Cc1ccc(N(CCO)CCO)cc1. The number of rotatable bonds is 28. The van der Waals surface area contributed by atoms with Crippen LogP contribution in [0.4, 0.5) is 11.4 Å². The number of hydrogen-bond donors (Lipinski definition) is 6. The van der Waals surface area contributed by atoms with Crippen molar-refractivity contribution in [2.75, 3.05) is 87.0 Å². The minimum atomic E-state index is 0.0268. The van der Waals surface area contributed by atoms with Crippen molar-refractivity contribution >= 4 is 59.3 Å². The third-order valence-corrected chi connectivity index (χ3v) is 10.6. The zero-order chi connectivity index (χ0) is 41.9. The van der Waals surface area contributed by atoms with Crippen molar-refractivity contribution in [2.24, 2.45) is 0 Å². The monoisotopic (exact) mass is 826 g/mol. The van der Waals surface area contributed by atoms with Gasteiger partial charge < -0.3 is 40.9 Å². The molecule has 6 N–H and O–H groups in total. The van der Waals surface area contributed by atoms with Gasteiger partial charge in [0.05, 0.1) is 26.4 Å². The molecule has 2 amide bonds. The molecule has 0 radical (unpaired) electrons. The molecule has 0 aliphatic carbocycles. The fraction of sp³-hybridized carbons (Fsp3) is 0.391. The summed E-state index contributed by atoms with van der Waals surface area (Å²) in [4.78, 5) is 28.9. The highest BCUT2D eigenvalue weighted by Gasteiger charge is 2.11. The Morgan fingerprint density at radius 3 is 1.31 bits per heavy atom. The molecule has 2 aromatic carbocycles. The van der Waals surface area contributed by atoms with E-state index in [1.54, 1.807) is 11.8 Å². The first-order chi connectivity index (χ1) is 28.9. The van der Waals surface area contributed by atoms with Crippen LogP contribution in [-0.2, 0) is 22.7 Å². The fourth-order valence-corrected chi connectivity index (χ4v) is 7.19. The van der Waals surface area contributed by atoms with Crippen molar-refractivity contribution in [3.8, 4) is 0 Å². The number of benzene rings is 2. The number of nitrogens with one attached hydrogen (secondary N) is 2. The molecule has 4 aromatic rings. The lowest BCUT2D eigenvalue weighted by molar-refractivity contribution is -0.699. The van der Waals surface area contributed by atoms with E-state index in [0.717, 1.165) is 71.3 Å². The summed E-state index contributed by atoms with van der Waals surface area (Å²) < 4.78 is 4.28. The second-order valence-electron chi connectivity index (χ2n) is 13.9. The standard InChI is InChI=1S/C46H60N6O6S/c53-33-29-51(30-34-54)43-19-13-39(14-20-43)11-17-41-7-1-3-25-49(41)27-5-9-45(57)47-23-37-59-38-24-48-46(58)10-6-28-50-26-4-2-8-42(50)18-12-40-15-21-44(22-16-40)52(31-35-55)32-36-56/h1-4,7-8,11-22,25-26,53-56H,5-6,9-10,23-24,27-38H2/p+2. The molecule has 59 heavy (non-hydrogen) atoms. The van der Waals surface area contributed by atoms with Crippen LogP contribution in [0, 0.1) is 0 Å². The molecule has 0 aliphatic heterocycles. The highest BCUT2D eigenvalue weighted by atomic mass is 32.2. The molecule has 13 heteroatoms. The fourth-order valence-electron chi connectivity index (χ4n) is 6.49. The molecule has 12 nitrogen and oxygen atoms in total. The summed E-state index contributed by atoms with van der Waals surface area (Å²) in [5.41, 5.74) is 6.07. The summed E-state index contributed by atoms with van der Waals surface area (Å²) in [5, 5.41) is 43.3. The average Bonchev–Trinajstić information content (AvgIpc) is 3.25. The summed E-state index contributed by atoms with van der Waals surface area (Å²) in [5.74, 6) is 1.63. The molecule has 2 aromatic heterocycles. The number of amides is 2. The van der Waals surface area contributed by atoms with E-state index in [9.17, 15) is 30.0 Å². The van der Waals surface area contributed by atoms with Gasteiger partial charge in [0.15, 0.2) is 12.4 Å². The van der Waals surface area contributed by atoms with E-state index in [4.69, 9.17) is 0 Å². The maximum atomic E-state index is 12.5. The normalized spacial score (nSPS) is 11.3. The van der Waals surface area contributed by atoms with E-state index in [1.165, 1.54) is 0 Å². The first-order valence-electron chi connectivity index (χ1n) is 20.5. The Morgan fingerprint density at radius 2 is 0.932 bits per heavy atom. The minimum Gasteiger partial charge on any atom is -0.395 e. The van der Waals surface area contributed by atoms with Gasteiger partial charge in [0, 0.05) is 124 Å². The Hall–Kier alpha value is -5.05. The zero-order valence-electron chi connectivity index (χ0n) is 34.1. The lowest BCUT2D eigenvalue weighted by Gasteiger charge is -2.22. The molecule has 0 saturated carbocycles. The van der Waals surface area contributed by atoms with Gasteiger partial charge in [-0.1, -0.05) is 24.3 Å². The van der Waals surface area contributed by atoms with Crippen molar-refractivity contribution in [3.05, 3.63) is 120 Å². The summed E-state index contributed by atoms with van der Waals surface area (Å²) >= 11 is 1.70. The number of aliphatic hydroxyl groups excluding tert-OH is 4. The second-order valence-corrected chi connectivity index (χ2v) is 15.1. The van der Waals surface area contributed by atoms with Crippen LogP contribution >= 0.6 is 11.8 Å². The predicted octanol–water partition coefficient (Wildman–Crippen LogP) is 3.41. The highest BCUT2D eigenvalue weighted by Crippen LogP contribution is 2.18. The first kappa shape index (κ1) is 46.6. The largest absolute Gasteiger partial charge is 0.395 e. The number of pyridine rings is 2. The molecule has 0 unspecified atom stereocenters. The number of aryl methyl sites for hydroxylation is 2. The van der Waals surface area contributed by atoms with Crippen LogP contribution in [0.2, 0.25) is 0 Å². The maximum Gasteiger partial charge on any atom is 0.220 e. The van der Waals surface area contributed by atoms with E-state index in [1.807, 2.05) is 107 Å². The topological polar surface area (TPSA) is 153 Å². The number of aromatic nitrogens is 2. The van der Waals surface area contributed by atoms with Gasteiger partial charge in [0.2, 0.25) is 23.2 Å². The number of aliphatic hydroxyl groups is 4. The van der Waals surface area contributed by atoms with Gasteiger partial charge in [-0.3, -0.25) is 9.59 Å². The summed E-state index contributed by atoms with van der Waals surface area (Å²) in [7, 11) is 0. The second kappa shape index (κ2) is 27.6. The predicted molar refractivity (Wildman–Crippen MR) is 239 cm³/mol. The smallest absolute Gasteiger partial charge is 0.220 e. The van der Waals surface area contributed by atoms with Crippen LogP contribution in [0.3, 0.4) is 0 Å². The molecule has 0 aliphatic rings. The molecule has 0 spiro atoms. The molecule has 0 bridgehead atoms. The van der Waals surface area contributed by atoms with Crippen LogP contribution in [0.5, 0.6) is 0 Å². The van der Waals surface area contributed by atoms with Crippen LogP contribution in [-0.4, -0.2) is 109 Å². The van der Waals surface area contributed by atoms with Crippen molar-refractivity contribution in [1.29, 1.82) is 0 Å². The van der Waals surface area contributed by atoms with E-state index < -0.39 is 0 Å². The van der Waals surface area contributed by atoms with Gasteiger partial charge in [-0.05, 0) is 59.7 Å². The number of anilines is 2. The summed E-state index contributed by atoms with van der Waals surface area (Å²) in [6.45, 7) is 4.60. The lowest BCUT2D eigenvalue weighted by atomic mass is 10.1. The Bertz CT molecular complexity index is 1730. The third kappa shape index (κ3) is 17.4. The molecule has 0 saturated heterocycles. The van der Waals surface area contributed by atoms with Gasteiger partial charge in [-0.15, -0.1) is 0 Å². The quantitative estimate of drug-likeness (QED) is 0.0374. The Balaban J connectivity index is 1.06. The van der Waals surface area contributed by atoms with E-state index in [2.05, 4.69) is 44.1 Å². The number of carbonyl (C=O) groups is 2. The van der Waals surface area contributed by atoms with Crippen LogP contribution in [0.15, 0.2) is 97.3 Å². The molecule has 0 fully saturated rings. The van der Waals surface area contributed by atoms with Gasteiger partial charge in [0.1, 0.15) is 13.1 Å². The third-order valence-electron chi connectivity index (χ3n) is 9.58. The molecule has 0 atom stereocenters. The maximum absolute atomic E-state index is 12.5. The molecular formula is C46H62N6O6S+2. The molecule has 316 valence electrons. The van der Waals surface area contributed by atoms with Crippen LogP contribution in [0.25, 0.3) is 24.3 Å².